The van der Waals surface area contributed by atoms with Gasteiger partial charge < -0.3 is 10.1 Å². The Morgan fingerprint density at radius 1 is 1.27 bits per heavy atom. The van der Waals surface area contributed by atoms with E-state index in [0.29, 0.717) is 6.04 Å². The molecule has 1 saturated heterocycles. The molecule has 0 bridgehead atoms. The fourth-order valence-corrected chi connectivity index (χ4v) is 2.02. The Morgan fingerprint density at radius 3 is 2.60 bits per heavy atom. The SMILES string of the molecule is CC1CNC(C)C(c2ccc(Cl)cc2)O1. The van der Waals surface area contributed by atoms with Gasteiger partial charge in [0, 0.05) is 17.6 Å². The molecule has 1 heterocycles. The van der Waals surface area contributed by atoms with Crippen molar-refractivity contribution in [1.82, 2.24) is 5.32 Å². The lowest BCUT2D eigenvalue weighted by Crippen LogP contribution is -2.45. The first-order valence-electron chi connectivity index (χ1n) is 5.31. The molecule has 82 valence electrons. The molecule has 0 aliphatic carbocycles. The summed E-state index contributed by atoms with van der Waals surface area (Å²) in [5.41, 5.74) is 1.19. The zero-order chi connectivity index (χ0) is 10.8. The van der Waals surface area contributed by atoms with Crippen LogP contribution in [0.4, 0.5) is 0 Å². The standard InChI is InChI=1S/C12H16ClNO/c1-8-7-14-9(2)12(15-8)10-3-5-11(13)6-4-10/h3-6,8-9,12,14H,7H2,1-2H3. The van der Waals surface area contributed by atoms with Gasteiger partial charge in [0.1, 0.15) is 0 Å². The molecule has 15 heavy (non-hydrogen) atoms. The van der Waals surface area contributed by atoms with Gasteiger partial charge in [-0.2, -0.15) is 0 Å². The lowest BCUT2D eigenvalue weighted by atomic mass is 10.0. The summed E-state index contributed by atoms with van der Waals surface area (Å²) >= 11 is 5.86. The molecule has 1 aromatic carbocycles. The maximum absolute atomic E-state index is 5.92. The van der Waals surface area contributed by atoms with Crippen LogP contribution in [0.1, 0.15) is 25.5 Å². The topological polar surface area (TPSA) is 21.3 Å². The molecule has 1 N–H and O–H groups in total. The lowest BCUT2D eigenvalue weighted by Gasteiger charge is -2.34. The number of halogens is 1. The third-order valence-electron chi connectivity index (χ3n) is 2.76. The first-order chi connectivity index (χ1) is 7.16. The fourth-order valence-electron chi connectivity index (χ4n) is 1.89. The van der Waals surface area contributed by atoms with Gasteiger partial charge in [0.2, 0.25) is 0 Å². The van der Waals surface area contributed by atoms with E-state index < -0.39 is 0 Å². The first kappa shape index (κ1) is 10.9. The number of nitrogens with one attached hydrogen (secondary N) is 1. The van der Waals surface area contributed by atoms with E-state index in [1.54, 1.807) is 0 Å². The number of hydrogen-bond donors (Lipinski definition) is 1. The van der Waals surface area contributed by atoms with E-state index in [2.05, 4.69) is 19.2 Å². The Kier molecular flexibility index (Phi) is 3.29. The van der Waals surface area contributed by atoms with E-state index in [0.717, 1.165) is 11.6 Å². The van der Waals surface area contributed by atoms with Crippen LogP contribution in [-0.4, -0.2) is 18.7 Å². The Balaban J connectivity index is 2.17. The minimum atomic E-state index is 0.131. The molecule has 3 unspecified atom stereocenters. The maximum Gasteiger partial charge on any atom is 0.0979 e. The van der Waals surface area contributed by atoms with E-state index in [1.165, 1.54) is 5.56 Å². The molecule has 3 atom stereocenters. The summed E-state index contributed by atoms with van der Waals surface area (Å²) in [5.74, 6) is 0. The van der Waals surface area contributed by atoms with E-state index in [1.807, 2.05) is 24.3 Å². The van der Waals surface area contributed by atoms with Gasteiger partial charge in [-0.15, -0.1) is 0 Å². The smallest absolute Gasteiger partial charge is 0.0979 e. The molecule has 0 saturated carbocycles. The van der Waals surface area contributed by atoms with Crippen molar-refractivity contribution in [3.63, 3.8) is 0 Å². The van der Waals surface area contributed by atoms with Gasteiger partial charge >= 0.3 is 0 Å². The van der Waals surface area contributed by atoms with Crippen LogP contribution in [0.25, 0.3) is 0 Å². The number of morpholine rings is 1. The van der Waals surface area contributed by atoms with Crippen molar-refractivity contribution in [3.05, 3.63) is 34.9 Å². The second kappa shape index (κ2) is 4.52. The Bertz CT molecular complexity index is 325. The molecular formula is C12H16ClNO. The van der Waals surface area contributed by atoms with Crippen molar-refractivity contribution in [2.45, 2.75) is 32.1 Å². The largest absolute Gasteiger partial charge is 0.368 e. The molecule has 1 aromatic rings. The zero-order valence-electron chi connectivity index (χ0n) is 9.03. The molecule has 3 heteroatoms. The molecule has 1 aliphatic rings. The van der Waals surface area contributed by atoms with Gasteiger partial charge in [0.25, 0.3) is 0 Å². The third kappa shape index (κ3) is 2.51. The van der Waals surface area contributed by atoms with E-state index in [9.17, 15) is 0 Å². The quantitative estimate of drug-likeness (QED) is 0.794. The van der Waals surface area contributed by atoms with Gasteiger partial charge in [-0.1, -0.05) is 23.7 Å². The van der Waals surface area contributed by atoms with Crippen LogP contribution in [0.2, 0.25) is 5.02 Å². The van der Waals surface area contributed by atoms with Crippen LogP contribution in [0.5, 0.6) is 0 Å². The van der Waals surface area contributed by atoms with Crippen molar-refractivity contribution >= 4 is 11.6 Å². The number of ether oxygens (including phenoxy) is 1. The van der Waals surface area contributed by atoms with Crippen molar-refractivity contribution < 1.29 is 4.74 Å². The minimum absolute atomic E-state index is 0.131. The average molecular weight is 226 g/mol. The average Bonchev–Trinajstić information content (AvgIpc) is 2.23. The normalized spacial score (nSPS) is 31.5. The summed E-state index contributed by atoms with van der Waals surface area (Å²) in [6.07, 6.45) is 0.396. The summed E-state index contributed by atoms with van der Waals surface area (Å²) in [5, 5.41) is 4.20. The molecule has 0 aromatic heterocycles. The van der Waals surface area contributed by atoms with Crippen LogP contribution in [0.3, 0.4) is 0 Å². The van der Waals surface area contributed by atoms with Crippen LogP contribution in [-0.2, 0) is 4.74 Å². The predicted octanol–water partition coefficient (Wildman–Crippen LogP) is 2.78. The van der Waals surface area contributed by atoms with E-state index in [4.69, 9.17) is 16.3 Å². The molecule has 2 rings (SSSR count). The monoisotopic (exact) mass is 225 g/mol. The van der Waals surface area contributed by atoms with Crippen LogP contribution < -0.4 is 5.32 Å². The van der Waals surface area contributed by atoms with Crippen LogP contribution >= 0.6 is 11.6 Å². The Hall–Kier alpha value is -0.570. The highest BCUT2D eigenvalue weighted by atomic mass is 35.5. The van der Waals surface area contributed by atoms with E-state index >= 15 is 0 Å². The Labute approximate surface area is 95.6 Å². The highest BCUT2D eigenvalue weighted by molar-refractivity contribution is 6.30. The molecular weight excluding hydrogens is 210 g/mol. The van der Waals surface area contributed by atoms with Gasteiger partial charge in [0.05, 0.1) is 12.2 Å². The van der Waals surface area contributed by atoms with E-state index in [-0.39, 0.29) is 12.2 Å². The predicted molar refractivity (Wildman–Crippen MR) is 62.2 cm³/mol. The molecule has 1 fully saturated rings. The summed E-state index contributed by atoms with van der Waals surface area (Å²) in [4.78, 5) is 0. The van der Waals surface area contributed by atoms with Crippen LogP contribution in [0.15, 0.2) is 24.3 Å². The van der Waals surface area contributed by atoms with Crippen molar-refractivity contribution in [2.24, 2.45) is 0 Å². The second-order valence-corrected chi connectivity index (χ2v) is 4.55. The highest BCUT2D eigenvalue weighted by Gasteiger charge is 2.26. The molecule has 0 radical (unpaired) electrons. The van der Waals surface area contributed by atoms with Crippen LogP contribution in [0, 0.1) is 0 Å². The maximum atomic E-state index is 5.92. The first-order valence-corrected chi connectivity index (χ1v) is 5.69. The fraction of sp³-hybridized carbons (Fsp3) is 0.500. The van der Waals surface area contributed by atoms with Crippen molar-refractivity contribution in [2.75, 3.05) is 6.54 Å². The molecule has 1 aliphatic heterocycles. The molecule has 0 amide bonds. The molecule has 2 nitrogen and oxygen atoms in total. The third-order valence-corrected chi connectivity index (χ3v) is 3.01. The number of hydrogen-bond acceptors (Lipinski definition) is 2. The number of rotatable bonds is 1. The summed E-state index contributed by atoms with van der Waals surface area (Å²) < 4.78 is 5.92. The number of benzene rings is 1. The van der Waals surface area contributed by atoms with Crippen molar-refractivity contribution in [1.29, 1.82) is 0 Å². The summed E-state index contributed by atoms with van der Waals surface area (Å²) in [6, 6.07) is 8.23. The lowest BCUT2D eigenvalue weighted by molar-refractivity contribution is -0.0520. The van der Waals surface area contributed by atoms with Gasteiger partial charge in [-0.25, -0.2) is 0 Å². The summed E-state index contributed by atoms with van der Waals surface area (Å²) in [6.45, 7) is 5.15. The summed E-state index contributed by atoms with van der Waals surface area (Å²) in [7, 11) is 0. The Morgan fingerprint density at radius 2 is 1.93 bits per heavy atom. The molecule has 0 spiro atoms. The van der Waals surface area contributed by atoms with Crippen molar-refractivity contribution in [3.8, 4) is 0 Å². The van der Waals surface area contributed by atoms with Gasteiger partial charge in [-0.3, -0.25) is 0 Å². The van der Waals surface area contributed by atoms with Gasteiger partial charge in [-0.05, 0) is 31.5 Å². The highest BCUT2D eigenvalue weighted by Crippen LogP contribution is 2.26. The zero-order valence-corrected chi connectivity index (χ0v) is 9.79. The van der Waals surface area contributed by atoms with Gasteiger partial charge in [0.15, 0.2) is 0 Å². The minimum Gasteiger partial charge on any atom is -0.368 e. The second-order valence-electron chi connectivity index (χ2n) is 4.12.